The number of morpholine rings is 1. The van der Waals surface area contributed by atoms with Crippen LogP contribution in [0.25, 0.3) is 0 Å². The first kappa shape index (κ1) is 17.9. The Kier molecular flexibility index (Phi) is 5.17. The molecular formula is C17H21N5O4. The minimum absolute atomic E-state index is 0.0502. The van der Waals surface area contributed by atoms with Crippen LogP contribution in [0.15, 0.2) is 35.1 Å². The van der Waals surface area contributed by atoms with Gasteiger partial charge in [-0.2, -0.15) is 5.10 Å². The Balaban J connectivity index is 1.83. The summed E-state index contributed by atoms with van der Waals surface area (Å²) in [6.45, 7) is 3.71. The maximum Gasteiger partial charge on any atom is 0.340 e. The molecule has 0 spiro atoms. The molecule has 0 aliphatic carbocycles. The first-order chi connectivity index (χ1) is 12.5. The third-order valence-electron chi connectivity index (χ3n) is 4.20. The van der Waals surface area contributed by atoms with Crippen molar-refractivity contribution in [2.45, 2.75) is 38.6 Å². The molecular weight excluding hydrogens is 338 g/mol. The number of aromatic nitrogens is 3. The molecule has 9 heteroatoms. The summed E-state index contributed by atoms with van der Waals surface area (Å²) in [6, 6.07) is 8.70. The molecule has 2 aromatic rings. The highest BCUT2D eigenvalue weighted by Gasteiger charge is 2.42. The molecule has 9 nitrogen and oxygen atoms in total. The first-order valence-corrected chi connectivity index (χ1v) is 8.36. The normalized spacial score (nSPS) is 20.4. The van der Waals surface area contributed by atoms with Crippen LogP contribution < -0.4 is 11.0 Å². The standard InChI is InChI=1S/C17H21N5O4/c1-10(2)22-13(23)9-26-15(14(22)11-6-4-3-5-7-11)16(24)18-8-12-19-17(25)21-20-12/h3-7,10,14-15H,8-9H2,1-2H3,(H,18,24)(H2,19,20,21,25)/t14-,15+/m1/s1. The Hall–Kier alpha value is -2.94. The number of benzene rings is 1. The average molecular weight is 359 g/mol. The zero-order chi connectivity index (χ0) is 18.7. The summed E-state index contributed by atoms with van der Waals surface area (Å²) in [6.07, 6.45) is -0.858. The monoisotopic (exact) mass is 359 g/mol. The van der Waals surface area contributed by atoms with Crippen LogP contribution in [0.3, 0.4) is 0 Å². The molecule has 2 atom stereocenters. The minimum atomic E-state index is -0.858. The third kappa shape index (κ3) is 3.67. The van der Waals surface area contributed by atoms with Crippen molar-refractivity contribution in [1.82, 2.24) is 25.4 Å². The van der Waals surface area contributed by atoms with Crippen LogP contribution in [-0.2, 0) is 20.9 Å². The Morgan fingerprint density at radius 1 is 1.35 bits per heavy atom. The summed E-state index contributed by atoms with van der Waals surface area (Å²) in [5.41, 5.74) is 0.379. The van der Waals surface area contributed by atoms with E-state index in [0.29, 0.717) is 5.82 Å². The van der Waals surface area contributed by atoms with E-state index in [-0.39, 0.29) is 31.0 Å². The maximum absolute atomic E-state index is 12.7. The van der Waals surface area contributed by atoms with Gasteiger partial charge in [0.15, 0.2) is 6.10 Å². The second-order valence-electron chi connectivity index (χ2n) is 6.32. The molecule has 1 saturated heterocycles. The summed E-state index contributed by atoms with van der Waals surface area (Å²) in [5, 5.41) is 8.69. The fraction of sp³-hybridized carbons (Fsp3) is 0.412. The largest absolute Gasteiger partial charge is 0.356 e. The minimum Gasteiger partial charge on any atom is -0.356 e. The lowest BCUT2D eigenvalue weighted by Crippen LogP contribution is -2.56. The van der Waals surface area contributed by atoms with Crippen molar-refractivity contribution < 1.29 is 14.3 Å². The lowest BCUT2D eigenvalue weighted by atomic mass is 9.96. The molecule has 1 aliphatic heterocycles. The molecule has 1 aliphatic rings. The van der Waals surface area contributed by atoms with E-state index in [1.165, 1.54) is 0 Å². The molecule has 3 N–H and O–H groups in total. The van der Waals surface area contributed by atoms with E-state index < -0.39 is 17.8 Å². The number of ether oxygens (including phenoxy) is 1. The Bertz CT molecular complexity index is 829. The topological polar surface area (TPSA) is 120 Å². The number of aromatic amines is 2. The van der Waals surface area contributed by atoms with Crippen LogP contribution in [0.5, 0.6) is 0 Å². The van der Waals surface area contributed by atoms with Crippen molar-refractivity contribution >= 4 is 11.8 Å². The van der Waals surface area contributed by atoms with Crippen LogP contribution >= 0.6 is 0 Å². The van der Waals surface area contributed by atoms with Gasteiger partial charge in [0.2, 0.25) is 5.91 Å². The van der Waals surface area contributed by atoms with Crippen molar-refractivity contribution in [2.75, 3.05) is 6.61 Å². The first-order valence-electron chi connectivity index (χ1n) is 8.36. The van der Waals surface area contributed by atoms with Gasteiger partial charge in [0, 0.05) is 6.04 Å². The lowest BCUT2D eigenvalue weighted by molar-refractivity contribution is -0.167. The number of rotatable bonds is 5. The quantitative estimate of drug-likeness (QED) is 0.699. The third-order valence-corrected chi connectivity index (χ3v) is 4.20. The fourth-order valence-corrected chi connectivity index (χ4v) is 3.10. The second kappa shape index (κ2) is 7.52. The highest BCUT2D eigenvalue weighted by atomic mass is 16.5. The zero-order valence-corrected chi connectivity index (χ0v) is 14.6. The molecule has 3 rings (SSSR count). The van der Waals surface area contributed by atoms with Crippen LogP contribution in [0, 0.1) is 0 Å². The molecule has 0 unspecified atom stereocenters. The molecule has 0 radical (unpaired) electrons. The Labute approximate surface area is 149 Å². The van der Waals surface area contributed by atoms with Gasteiger partial charge in [0.1, 0.15) is 12.4 Å². The number of hydrogen-bond donors (Lipinski definition) is 3. The number of carbonyl (C=O) groups is 2. The lowest BCUT2D eigenvalue weighted by Gasteiger charge is -2.42. The van der Waals surface area contributed by atoms with E-state index in [0.717, 1.165) is 5.56 Å². The molecule has 2 amide bonds. The molecule has 0 bridgehead atoms. The van der Waals surface area contributed by atoms with Crippen molar-refractivity contribution in [3.63, 3.8) is 0 Å². The van der Waals surface area contributed by atoms with Crippen LogP contribution in [-0.4, -0.2) is 50.6 Å². The van der Waals surface area contributed by atoms with Gasteiger partial charge in [-0.15, -0.1) is 0 Å². The van der Waals surface area contributed by atoms with E-state index in [1.807, 2.05) is 44.2 Å². The van der Waals surface area contributed by atoms with Crippen molar-refractivity contribution in [1.29, 1.82) is 0 Å². The van der Waals surface area contributed by atoms with Gasteiger partial charge in [-0.05, 0) is 19.4 Å². The van der Waals surface area contributed by atoms with Gasteiger partial charge in [-0.1, -0.05) is 30.3 Å². The van der Waals surface area contributed by atoms with E-state index in [1.54, 1.807) is 4.90 Å². The maximum atomic E-state index is 12.7. The number of nitrogens with one attached hydrogen (secondary N) is 3. The smallest absolute Gasteiger partial charge is 0.340 e. The summed E-state index contributed by atoms with van der Waals surface area (Å²) in [5.74, 6) is -0.220. The number of amides is 2. The summed E-state index contributed by atoms with van der Waals surface area (Å²) in [7, 11) is 0. The molecule has 0 saturated carbocycles. The van der Waals surface area contributed by atoms with Gasteiger partial charge in [-0.3, -0.25) is 14.6 Å². The van der Waals surface area contributed by atoms with E-state index in [9.17, 15) is 14.4 Å². The predicted molar refractivity (Wildman–Crippen MR) is 92.0 cm³/mol. The zero-order valence-electron chi connectivity index (χ0n) is 14.6. The van der Waals surface area contributed by atoms with E-state index >= 15 is 0 Å². The Morgan fingerprint density at radius 2 is 2.08 bits per heavy atom. The summed E-state index contributed by atoms with van der Waals surface area (Å²) >= 11 is 0. The van der Waals surface area contributed by atoms with Gasteiger partial charge >= 0.3 is 5.69 Å². The molecule has 26 heavy (non-hydrogen) atoms. The van der Waals surface area contributed by atoms with Crippen molar-refractivity contribution in [2.24, 2.45) is 0 Å². The van der Waals surface area contributed by atoms with Crippen LogP contribution in [0.2, 0.25) is 0 Å². The molecule has 138 valence electrons. The van der Waals surface area contributed by atoms with Gasteiger partial charge in [-0.25, -0.2) is 9.89 Å². The summed E-state index contributed by atoms with van der Waals surface area (Å²) < 4.78 is 5.59. The highest BCUT2D eigenvalue weighted by Crippen LogP contribution is 2.32. The number of H-pyrrole nitrogens is 2. The molecule has 2 heterocycles. The number of nitrogens with zero attached hydrogens (tertiary/aromatic N) is 2. The Morgan fingerprint density at radius 3 is 2.69 bits per heavy atom. The van der Waals surface area contributed by atoms with Crippen molar-refractivity contribution in [3.8, 4) is 0 Å². The SMILES string of the molecule is CC(C)N1C(=O)CO[C@H](C(=O)NCc2n[nH]c(=O)[nH]2)[C@H]1c1ccccc1. The molecule has 1 fully saturated rings. The molecule has 1 aromatic carbocycles. The predicted octanol–water partition coefficient (Wildman–Crippen LogP) is 0.0913. The fourth-order valence-electron chi connectivity index (χ4n) is 3.10. The van der Waals surface area contributed by atoms with Crippen LogP contribution in [0.4, 0.5) is 0 Å². The van der Waals surface area contributed by atoms with Crippen molar-refractivity contribution in [3.05, 3.63) is 52.2 Å². The second-order valence-corrected chi connectivity index (χ2v) is 6.32. The van der Waals surface area contributed by atoms with E-state index in [4.69, 9.17) is 4.74 Å². The number of carbonyl (C=O) groups excluding carboxylic acids is 2. The van der Waals surface area contributed by atoms with Gasteiger partial charge in [0.25, 0.3) is 5.91 Å². The summed E-state index contributed by atoms with van der Waals surface area (Å²) in [4.78, 5) is 40.3. The molecule has 1 aromatic heterocycles. The highest BCUT2D eigenvalue weighted by molar-refractivity contribution is 5.86. The van der Waals surface area contributed by atoms with E-state index in [2.05, 4.69) is 20.5 Å². The van der Waals surface area contributed by atoms with Gasteiger partial charge < -0.3 is 15.0 Å². The van der Waals surface area contributed by atoms with Gasteiger partial charge in [0.05, 0.1) is 12.6 Å². The van der Waals surface area contributed by atoms with Crippen LogP contribution in [0.1, 0.15) is 31.3 Å². The number of hydrogen-bond acceptors (Lipinski definition) is 5. The average Bonchev–Trinajstić information content (AvgIpc) is 3.05.